The fraction of sp³-hybridized carbons (Fsp3) is 0.481. The average molecular weight is 453 g/mol. The first-order valence-electron chi connectivity index (χ1n) is 12.0. The van der Waals surface area contributed by atoms with Gasteiger partial charge in [-0.2, -0.15) is 0 Å². The molecule has 0 fully saturated rings. The Hall–Kier alpha value is -3.02. The molecule has 178 valence electrons. The first-order chi connectivity index (χ1) is 16.0. The van der Waals surface area contributed by atoms with Gasteiger partial charge in [0.2, 0.25) is 11.8 Å². The summed E-state index contributed by atoms with van der Waals surface area (Å²) in [5.41, 5.74) is 2.17. The van der Waals surface area contributed by atoms with Gasteiger partial charge in [0.25, 0.3) is 0 Å². The van der Waals surface area contributed by atoms with Crippen molar-refractivity contribution >= 4 is 11.8 Å². The minimum atomic E-state index is -0.476. The standard InChI is InChI=1S/C27H36N2O4/c1-4-20(3)28-27(31)23(5-2)29(16-15-21-9-7-6-8-10-21)26(30)14-12-22-11-13-24-25(19-22)33-18-17-32-24/h6-11,13,19-20,23H,4-5,12,14-18H2,1-3H3,(H,28,31)/t20-,23-/m1/s1. The number of nitrogens with one attached hydrogen (secondary N) is 1. The van der Waals surface area contributed by atoms with Gasteiger partial charge in [0.05, 0.1) is 0 Å². The molecular weight excluding hydrogens is 416 g/mol. The van der Waals surface area contributed by atoms with E-state index in [-0.39, 0.29) is 17.9 Å². The molecule has 0 saturated carbocycles. The average Bonchev–Trinajstić information content (AvgIpc) is 2.85. The largest absolute Gasteiger partial charge is 0.486 e. The normalized spacial score (nSPS) is 14.3. The summed E-state index contributed by atoms with van der Waals surface area (Å²) in [6.07, 6.45) is 3.06. The molecule has 0 saturated heterocycles. The number of nitrogens with zero attached hydrogens (tertiary/aromatic N) is 1. The molecule has 0 radical (unpaired) electrons. The van der Waals surface area contributed by atoms with Gasteiger partial charge in [-0.3, -0.25) is 9.59 Å². The highest BCUT2D eigenvalue weighted by atomic mass is 16.6. The molecule has 33 heavy (non-hydrogen) atoms. The van der Waals surface area contributed by atoms with E-state index in [1.165, 1.54) is 0 Å². The monoisotopic (exact) mass is 452 g/mol. The molecule has 0 aliphatic carbocycles. The lowest BCUT2D eigenvalue weighted by atomic mass is 10.0. The number of fused-ring (bicyclic) bond motifs is 1. The Kier molecular flexibility index (Phi) is 9.16. The van der Waals surface area contributed by atoms with Crippen LogP contribution in [-0.4, -0.2) is 48.6 Å². The van der Waals surface area contributed by atoms with Crippen LogP contribution in [0.4, 0.5) is 0 Å². The van der Waals surface area contributed by atoms with Gasteiger partial charge < -0.3 is 19.7 Å². The molecule has 1 N–H and O–H groups in total. The minimum Gasteiger partial charge on any atom is -0.486 e. The number of rotatable bonds is 11. The molecule has 0 aromatic heterocycles. The summed E-state index contributed by atoms with van der Waals surface area (Å²) >= 11 is 0. The topological polar surface area (TPSA) is 67.9 Å². The molecule has 1 aliphatic rings. The van der Waals surface area contributed by atoms with Gasteiger partial charge in [0.1, 0.15) is 19.3 Å². The van der Waals surface area contributed by atoms with Crippen LogP contribution < -0.4 is 14.8 Å². The van der Waals surface area contributed by atoms with E-state index in [1.807, 2.05) is 57.2 Å². The second kappa shape index (κ2) is 12.3. The third-order valence-electron chi connectivity index (χ3n) is 6.11. The number of carbonyl (C=O) groups is 2. The minimum absolute atomic E-state index is 0.00743. The Morgan fingerprint density at radius 2 is 1.67 bits per heavy atom. The first-order valence-corrected chi connectivity index (χ1v) is 12.0. The molecule has 0 unspecified atom stereocenters. The number of aryl methyl sites for hydroxylation is 1. The van der Waals surface area contributed by atoms with Crippen molar-refractivity contribution in [2.45, 2.75) is 65.0 Å². The van der Waals surface area contributed by atoms with E-state index in [9.17, 15) is 9.59 Å². The van der Waals surface area contributed by atoms with Crippen LogP contribution in [0, 0.1) is 0 Å². The number of ether oxygens (including phenoxy) is 2. The Morgan fingerprint density at radius 1 is 0.939 bits per heavy atom. The molecule has 1 aliphatic heterocycles. The number of hydrogen-bond donors (Lipinski definition) is 1. The summed E-state index contributed by atoms with van der Waals surface area (Å²) < 4.78 is 11.3. The van der Waals surface area contributed by atoms with Crippen molar-refractivity contribution in [3.8, 4) is 11.5 Å². The van der Waals surface area contributed by atoms with Gasteiger partial charge in [0, 0.05) is 19.0 Å². The van der Waals surface area contributed by atoms with Gasteiger partial charge in [-0.05, 0) is 55.9 Å². The van der Waals surface area contributed by atoms with Crippen molar-refractivity contribution in [1.29, 1.82) is 0 Å². The Balaban J connectivity index is 1.70. The second-order valence-electron chi connectivity index (χ2n) is 8.54. The van der Waals surface area contributed by atoms with E-state index in [4.69, 9.17) is 9.47 Å². The van der Waals surface area contributed by atoms with Crippen LogP contribution >= 0.6 is 0 Å². The molecule has 1 heterocycles. The summed E-state index contributed by atoms with van der Waals surface area (Å²) in [6, 6.07) is 15.5. The molecule has 2 aromatic rings. The first kappa shape index (κ1) is 24.6. The van der Waals surface area contributed by atoms with Crippen LogP contribution in [0.1, 0.15) is 51.2 Å². The zero-order chi connectivity index (χ0) is 23.6. The highest BCUT2D eigenvalue weighted by Gasteiger charge is 2.28. The third-order valence-corrected chi connectivity index (χ3v) is 6.11. The van der Waals surface area contributed by atoms with Crippen molar-refractivity contribution < 1.29 is 19.1 Å². The maximum Gasteiger partial charge on any atom is 0.243 e. The quantitative estimate of drug-likeness (QED) is 0.556. The highest BCUT2D eigenvalue weighted by molar-refractivity contribution is 5.88. The Bertz CT molecular complexity index is 916. The number of carbonyl (C=O) groups excluding carboxylic acids is 2. The lowest BCUT2D eigenvalue weighted by molar-refractivity contribution is -0.141. The molecule has 0 bridgehead atoms. The lowest BCUT2D eigenvalue weighted by Gasteiger charge is -2.31. The van der Waals surface area contributed by atoms with Crippen molar-refractivity contribution in [2.24, 2.45) is 0 Å². The van der Waals surface area contributed by atoms with E-state index in [0.29, 0.717) is 45.4 Å². The summed E-state index contributed by atoms with van der Waals surface area (Å²) in [6.45, 7) is 7.59. The van der Waals surface area contributed by atoms with Gasteiger partial charge in [-0.25, -0.2) is 0 Å². The zero-order valence-electron chi connectivity index (χ0n) is 20.0. The fourth-order valence-corrected chi connectivity index (χ4v) is 3.98. The summed E-state index contributed by atoms with van der Waals surface area (Å²) in [7, 11) is 0. The molecule has 2 aromatic carbocycles. The lowest BCUT2D eigenvalue weighted by Crippen LogP contribution is -2.51. The molecule has 3 rings (SSSR count). The van der Waals surface area contributed by atoms with Gasteiger partial charge >= 0.3 is 0 Å². The summed E-state index contributed by atoms with van der Waals surface area (Å²) in [4.78, 5) is 28.1. The SMILES string of the molecule is CC[C@@H](C)NC(=O)[C@@H](CC)N(CCc1ccccc1)C(=O)CCc1ccc2c(c1)OCCO2. The third kappa shape index (κ3) is 6.98. The van der Waals surface area contributed by atoms with Crippen molar-refractivity contribution in [3.05, 3.63) is 59.7 Å². The van der Waals surface area contributed by atoms with E-state index < -0.39 is 6.04 Å². The van der Waals surface area contributed by atoms with E-state index >= 15 is 0 Å². The van der Waals surface area contributed by atoms with Crippen molar-refractivity contribution in [1.82, 2.24) is 10.2 Å². The highest BCUT2D eigenvalue weighted by Crippen LogP contribution is 2.31. The molecular formula is C27H36N2O4. The van der Waals surface area contributed by atoms with E-state index in [2.05, 4.69) is 17.4 Å². The van der Waals surface area contributed by atoms with Crippen molar-refractivity contribution in [3.63, 3.8) is 0 Å². The Morgan fingerprint density at radius 3 is 2.36 bits per heavy atom. The fourth-order valence-electron chi connectivity index (χ4n) is 3.98. The predicted molar refractivity (Wildman–Crippen MR) is 130 cm³/mol. The van der Waals surface area contributed by atoms with Gasteiger partial charge in [-0.15, -0.1) is 0 Å². The molecule has 2 atom stereocenters. The van der Waals surface area contributed by atoms with Crippen molar-refractivity contribution in [2.75, 3.05) is 19.8 Å². The second-order valence-corrected chi connectivity index (χ2v) is 8.54. The van der Waals surface area contributed by atoms with Crippen LogP contribution in [0.5, 0.6) is 11.5 Å². The maximum absolute atomic E-state index is 13.4. The predicted octanol–water partition coefficient (Wildman–Crippen LogP) is 4.16. The van der Waals surface area contributed by atoms with Gasteiger partial charge in [0.15, 0.2) is 11.5 Å². The van der Waals surface area contributed by atoms with E-state index in [1.54, 1.807) is 4.90 Å². The molecule has 6 heteroatoms. The van der Waals surface area contributed by atoms with Gasteiger partial charge in [-0.1, -0.05) is 50.2 Å². The number of hydrogen-bond acceptors (Lipinski definition) is 4. The summed E-state index contributed by atoms with van der Waals surface area (Å²) in [5.74, 6) is 1.39. The molecule has 0 spiro atoms. The number of amides is 2. The van der Waals surface area contributed by atoms with Crippen LogP contribution in [-0.2, 0) is 22.4 Å². The molecule has 6 nitrogen and oxygen atoms in total. The smallest absolute Gasteiger partial charge is 0.243 e. The Labute approximate surface area is 197 Å². The van der Waals surface area contributed by atoms with Crippen LogP contribution in [0.2, 0.25) is 0 Å². The van der Waals surface area contributed by atoms with Crippen LogP contribution in [0.15, 0.2) is 48.5 Å². The van der Waals surface area contributed by atoms with Crippen LogP contribution in [0.25, 0.3) is 0 Å². The van der Waals surface area contributed by atoms with Crippen LogP contribution in [0.3, 0.4) is 0 Å². The number of benzene rings is 2. The zero-order valence-corrected chi connectivity index (χ0v) is 20.0. The summed E-state index contributed by atoms with van der Waals surface area (Å²) in [5, 5.41) is 3.06. The van der Waals surface area contributed by atoms with E-state index in [0.717, 1.165) is 29.0 Å². The molecule has 2 amide bonds. The maximum atomic E-state index is 13.4.